The molecular formula is C11H15ClFNO2. The Balaban J connectivity index is 3.43. The molecule has 0 aliphatic rings. The highest BCUT2D eigenvalue weighted by atomic mass is 35.5. The zero-order chi connectivity index (χ0) is 12.3. The van der Waals surface area contributed by atoms with Crippen molar-refractivity contribution in [1.29, 1.82) is 0 Å². The van der Waals surface area contributed by atoms with E-state index in [-0.39, 0.29) is 16.7 Å². The lowest BCUT2D eigenvalue weighted by Gasteiger charge is -2.18. The van der Waals surface area contributed by atoms with E-state index in [0.717, 1.165) is 5.56 Å². The summed E-state index contributed by atoms with van der Waals surface area (Å²) in [4.78, 5) is 0. The zero-order valence-corrected chi connectivity index (χ0v) is 10.3. The van der Waals surface area contributed by atoms with Crippen LogP contribution in [0, 0.1) is 5.82 Å². The van der Waals surface area contributed by atoms with Gasteiger partial charge in [-0.05, 0) is 18.5 Å². The highest BCUT2D eigenvalue weighted by molar-refractivity contribution is 6.31. The summed E-state index contributed by atoms with van der Waals surface area (Å²) >= 11 is 5.78. The van der Waals surface area contributed by atoms with E-state index in [1.165, 1.54) is 20.3 Å². The Kier molecular flexibility index (Phi) is 4.38. The maximum atomic E-state index is 13.6. The summed E-state index contributed by atoms with van der Waals surface area (Å²) in [6.45, 7) is 2.33. The van der Waals surface area contributed by atoms with Crippen LogP contribution in [0.4, 0.5) is 4.39 Å². The first-order valence-corrected chi connectivity index (χ1v) is 5.24. The molecule has 0 aliphatic carbocycles. The maximum Gasteiger partial charge on any atom is 0.198 e. The fourth-order valence-electron chi connectivity index (χ4n) is 1.49. The number of halogens is 2. The molecule has 1 unspecified atom stereocenters. The third-order valence-corrected chi connectivity index (χ3v) is 2.73. The van der Waals surface area contributed by atoms with E-state index in [9.17, 15) is 4.39 Å². The van der Waals surface area contributed by atoms with Crippen molar-refractivity contribution in [3.05, 3.63) is 22.5 Å². The molecule has 2 N–H and O–H groups in total. The lowest BCUT2D eigenvalue weighted by atomic mass is 9.99. The Labute approximate surface area is 99.3 Å². The SMILES string of the molecule is COc1c(C(C)CN)cc(Cl)c(F)c1OC. The molecule has 5 heteroatoms. The van der Waals surface area contributed by atoms with Crippen molar-refractivity contribution in [2.75, 3.05) is 20.8 Å². The average molecular weight is 248 g/mol. The molecule has 3 nitrogen and oxygen atoms in total. The Hall–Kier alpha value is -1.00. The van der Waals surface area contributed by atoms with Gasteiger partial charge in [0.1, 0.15) is 0 Å². The van der Waals surface area contributed by atoms with E-state index < -0.39 is 5.82 Å². The second-order valence-electron chi connectivity index (χ2n) is 3.46. The molecular weight excluding hydrogens is 233 g/mol. The summed E-state index contributed by atoms with van der Waals surface area (Å²) in [5.74, 6) is -0.233. The number of nitrogens with two attached hydrogens (primary N) is 1. The highest BCUT2D eigenvalue weighted by Gasteiger charge is 2.21. The fourth-order valence-corrected chi connectivity index (χ4v) is 1.69. The minimum Gasteiger partial charge on any atom is -0.492 e. The first-order valence-electron chi connectivity index (χ1n) is 4.86. The summed E-state index contributed by atoms with van der Waals surface area (Å²) in [7, 11) is 2.83. The van der Waals surface area contributed by atoms with Crippen LogP contribution in [0.2, 0.25) is 5.02 Å². The molecule has 0 bridgehead atoms. The maximum absolute atomic E-state index is 13.6. The van der Waals surface area contributed by atoms with Gasteiger partial charge >= 0.3 is 0 Å². The fraction of sp³-hybridized carbons (Fsp3) is 0.455. The van der Waals surface area contributed by atoms with E-state index in [4.69, 9.17) is 26.8 Å². The molecule has 90 valence electrons. The molecule has 0 saturated carbocycles. The third-order valence-electron chi connectivity index (χ3n) is 2.45. The van der Waals surface area contributed by atoms with E-state index in [1.54, 1.807) is 0 Å². The van der Waals surface area contributed by atoms with Crippen LogP contribution in [0.3, 0.4) is 0 Å². The van der Waals surface area contributed by atoms with Crippen LogP contribution in [-0.4, -0.2) is 20.8 Å². The monoisotopic (exact) mass is 247 g/mol. The molecule has 0 radical (unpaired) electrons. The summed E-state index contributed by atoms with van der Waals surface area (Å²) in [6, 6.07) is 1.52. The van der Waals surface area contributed by atoms with E-state index in [1.807, 2.05) is 6.92 Å². The lowest BCUT2D eigenvalue weighted by molar-refractivity contribution is 0.333. The smallest absolute Gasteiger partial charge is 0.198 e. The van der Waals surface area contributed by atoms with Crippen LogP contribution in [0.5, 0.6) is 11.5 Å². The standard InChI is InChI=1S/C11H15ClFNO2/c1-6(5-14)7-4-8(12)9(13)11(16-3)10(7)15-2/h4,6H,5,14H2,1-3H3. The van der Waals surface area contributed by atoms with E-state index in [2.05, 4.69) is 0 Å². The van der Waals surface area contributed by atoms with Crippen LogP contribution >= 0.6 is 11.6 Å². The van der Waals surface area contributed by atoms with Gasteiger partial charge in [0.05, 0.1) is 19.2 Å². The van der Waals surface area contributed by atoms with Crippen LogP contribution in [0.1, 0.15) is 18.4 Å². The van der Waals surface area contributed by atoms with Gasteiger partial charge in [-0.15, -0.1) is 0 Å². The quantitative estimate of drug-likeness (QED) is 0.889. The minimum atomic E-state index is -0.617. The van der Waals surface area contributed by atoms with Gasteiger partial charge in [-0.25, -0.2) is 4.39 Å². The van der Waals surface area contributed by atoms with Crippen molar-refractivity contribution in [2.24, 2.45) is 5.73 Å². The molecule has 1 rings (SSSR count). The Morgan fingerprint density at radius 3 is 2.38 bits per heavy atom. The molecule has 0 saturated heterocycles. The molecule has 0 heterocycles. The first kappa shape index (κ1) is 13.1. The van der Waals surface area contributed by atoms with Crippen LogP contribution < -0.4 is 15.2 Å². The van der Waals surface area contributed by atoms with Crippen molar-refractivity contribution >= 4 is 11.6 Å². The lowest BCUT2D eigenvalue weighted by Crippen LogP contribution is -2.11. The van der Waals surface area contributed by atoms with Gasteiger partial charge in [0.15, 0.2) is 17.3 Å². The second kappa shape index (κ2) is 5.37. The van der Waals surface area contributed by atoms with Crippen molar-refractivity contribution in [3.8, 4) is 11.5 Å². The average Bonchev–Trinajstić information content (AvgIpc) is 2.30. The zero-order valence-electron chi connectivity index (χ0n) is 9.51. The van der Waals surface area contributed by atoms with Gasteiger partial charge in [0.25, 0.3) is 0 Å². The number of hydrogen-bond donors (Lipinski definition) is 1. The third kappa shape index (κ3) is 2.23. The van der Waals surface area contributed by atoms with Crippen molar-refractivity contribution in [1.82, 2.24) is 0 Å². The summed E-state index contributed by atoms with van der Waals surface area (Å²) in [6.07, 6.45) is 0. The van der Waals surface area contributed by atoms with Gasteiger partial charge in [-0.1, -0.05) is 18.5 Å². The number of benzene rings is 1. The highest BCUT2D eigenvalue weighted by Crippen LogP contribution is 2.40. The molecule has 0 aromatic heterocycles. The molecule has 16 heavy (non-hydrogen) atoms. The summed E-state index contributed by atoms with van der Waals surface area (Å²) in [5.41, 5.74) is 6.32. The molecule has 1 aromatic rings. The molecule has 0 fully saturated rings. The van der Waals surface area contributed by atoms with Crippen LogP contribution in [-0.2, 0) is 0 Å². The Morgan fingerprint density at radius 2 is 1.94 bits per heavy atom. The molecule has 0 spiro atoms. The van der Waals surface area contributed by atoms with Crippen LogP contribution in [0.25, 0.3) is 0 Å². The number of rotatable bonds is 4. The number of hydrogen-bond acceptors (Lipinski definition) is 3. The normalized spacial score (nSPS) is 12.4. The van der Waals surface area contributed by atoms with Gasteiger partial charge in [-0.3, -0.25) is 0 Å². The molecule has 0 amide bonds. The van der Waals surface area contributed by atoms with E-state index in [0.29, 0.717) is 12.3 Å². The largest absolute Gasteiger partial charge is 0.492 e. The van der Waals surface area contributed by atoms with Gasteiger partial charge < -0.3 is 15.2 Å². The van der Waals surface area contributed by atoms with Gasteiger partial charge in [-0.2, -0.15) is 0 Å². The number of ether oxygens (including phenoxy) is 2. The van der Waals surface area contributed by atoms with Crippen molar-refractivity contribution in [3.63, 3.8) is 0 Å². The second-order valence-corrected chi connectivity index (χ2v) is 3.87. The minimum absolute atomic E-state index is 0.00736. The van der Waals surface area contributed by atoms with Gasteiger partial charge in [0.2, 0.25) is 0 Å². The van der Waals surface area contributed by atoms with E-state index >= 15 is 0 Å². The number of methoxy groups -OCH3 is 2. The predicted octanol–water partition coefficient (Wildman–Crippen LogP) is 2.56. The molecule has 1 aromatic carbocycles. The van der Waals surface area contributed by atoms with Crippen molar-refractivity contribution < 1.29 is 13.9 Å². The predicted molar refractivity (Wildman–Crippen MR) is 62.0 cm³/mol. The Bertz CT molecular complexity index is 385. The van der Waals surface area contributed by atoms with Crippen molar-refractivity contribution in [2.45, 2.75) is 12.8 Å². The molecule has 0 aliphatic heterocycles. The summed E-state index contributed by atoms with van der Waals surface area (Å²) < 4.78 is 23.7. The van der Waals surface area contributed by atoms with Crippen LogP contribution in [0.15, 0.2) is 6.07 Å². The molecule has 1 atom stereocenters. The topological polar surface area (TPSA) is 44.5 Å². The first-order chi connectivity index (χ1) is 7.56. The summed E-state index contributed by atoms with van der Waals surface area (Å²) in [5, 5.41) is 0.00736. The Morgan fingerprint density at radius 1 is 1.38 bits per heavy atom. The van der Waals surface area contributed by atoms with Gasteiger partial charge in [0, 0.05) is 5.56 Å².